The van der Waals surface area contributed by atoms with Gasteiger partial charge < -0.3 is 25.4 Å². The first-order chi connectivity index (χ1) is 11.6. The van der Waals surface area contributed by atoms with Crippen molar-refractivity contribution in [1.82, 2.24) is 16.0 Å². The Bertz CT molecular complexity index is 548. The van der Waals surface area contributed by atoms with E-state index >= 15 is 0 Å². The molecule has 0 aliphatic carbocycles. The number of hydrogen-bond donors (Lipinski definition) is 3. The molecule has 0 radical (unpaired) electrons. The minimum atomic E-state index is -0.169. The highest BCUT2D eigenvalue weighted by molar-refractivity contribution is 6.32. The lowest BCUT2D eigenvalue weighted by molar-refractivity contribution is 0.236. The average molecular weight is 356 g/mol. The van der Waals surface area contributed by atoms with E-state index < -0.39 is 0 Å². The highest BCUT2D eigenvalue weighted by atomic mass is 35.5. The van der Waals surface area contributed by atoms with Crippen LogP contribution in [0, 0.1) is 5.92 Å². The molecule has 0 unspecified atom stereocenters. The second kappa shape index (κ2) is 9.59. The van der Waals surface area contributed by atoms with E-state index in [-0.39, 0.29) is 6.03 Å². The van der Waals surface area contributed by atoms with Crippen LogP contribution < -0.4 is 25.4 Å². The van der Waals surface area contributed by atoms with Crippen molar-refractivity contribution in [3.05, 3.63) is 22.7 Å². The normalized spacial score (nSPS) is 15.0. The van der Waals surface area contributed by atoms with Crippen LogP contribution in [0.5, 0.6) is 11.5 Å². The van der Waals surface area contributed by atoms with E-state index in [4.69, 9.17) is 21.1 Å². The number of amides is 2. The second-order valence-electron chi connectivity index (χ2n) is 5.80. The molecule has 0 atom stereocenters. The van der Waals surface area contributed by atoms with E-state index in [1.54, 1.807) is 13.2 Å². The number of ether oxygens (including phenoxy) is 2. The SMILES string of the molecule is CCOc1c(Cl)cc(CNC(=O)NCC2CCNCC2)cc1OC. The summed E-state index contributed by atoms with van der Waals surface area (Å²) in [5.41, 5.74) is 0.859. The van der Waals surface area contributed by atoms with Gasteiger partial charge in [-0.05, 0) is 56.5 Å². The molecule has 2 rings (SSSR count). The van der Waals surface area contributed by atoms with Gasteiger partial charge in [-0.1, -0.05) is 11.6 Å². The van der Waals surface area contributed by atoms with Gasteiger partial charge in [0.15, 0.2) is 11.5 Å². The van der Waals surface area contributed by atoms with Gasteiger partial charge in [0.05, 0.1) is 18.7 Å². The Morgan fingerprint density at radius 3 is 2.75 bits per heavy atom. The van der Waals surface area contributed by atoms with E-state index in [0.29, 0.717) is 42.1 Å². The molecule has 7 heteroatoms. The number of hydrogen-bond acceptors (Lipinski definition) is 4. The fourth-order valence-electron chi connectivity index (χ4n) is 2.73. The topological polar surface area (TPSA) is 71.6 Å². The predicted molar refractivity (Wildman–Crippen MR) is 95.0 cm³/mol. The third-order valence-electron chi connectivity index (χ3n) is 4.04. The quantitative estimate of drug-likeness (QED) is 0.703. The van der Waals surface area contributed by atoms with Crippen LogP contribution in [0.4, 0.5) is 4.79 Å². The number of nitrogens with one attached hydrogen (secondary N) is 3. The Morgan fingerprint density at radius 2 is 2.08 bits per heavy atom. The molecule has 1 aromatic carbocycles. The number of benzene rings is 1. The third kappa shape index (κ3) is 5.46. The van der Waals surface area contributed by atoms with Crippen LogP contribution in [0.3, 0.4) is 0 Å². The zero-order valence-corrected chi connectivity index (χ0v) is 15.0. The van der Waals surface area contributed by atoms with Crippen LogP contribution in [-0.4, -0.2) is 39.4 Å². The molecule has 24 heavy (non-hydrogen) atoms. The minimum Gasteiger partial charge on any atom is -0.493 e. The summed E-state index contributed by atoms with van der Waals surface area (Å²) < 4.78 is 10.8. The number of methoxy groups -OCH3 is 1. The molecule has 0 bridgehead atoms. The molecule has 3 N–H and O–H groups in total. The first-order valence-electron chi connectivity index (χ1n) is 8.35. The Hall–Kier alpha value is -1.66. The lowest BCUT2D eigenvalue weighted by Crippen LogP contribution is -2.40. The van der Waals surface area contributed by atoms with Gasteiger partial charge in [-0.25, -0.2) is 4.79 Å². The summed E-state index contributed by atoms with van der Waals surface area (Å²) in [6, 6.07) is 3.43. The largest absolute Gasteiger partial charge is 0.493 e. The molecular weight excluding hydrogens is 330 g/mol. The Labute approximate surface area is 148 Å². The molecule has 1 aliphatic rings. The number of carbonyl (C=O) groups is 1. The van der Waals surface area contributed by atoms with E-state index in [9.17, 15) is 4.79 Å². The van der Waals surface area contributed by atoms with Crippen LogP contribution in [0.2, 0.25) is 5.02 Å². The maximum absolute atomic E-state index is 11.9. The van der Waals surface area contributed by atoms with Crippen molar-refractivity contribution in [2.24, 2.45) is 5.92 Å². The fraction of sp³-hybridized carbons (Fsp3) is 0.588. The smallest absolute Gasteiger partial charge is 0.315 e. The highest BCUT2D eigenvalue weighted by Gasteiger charge is 2.15. The molecular formula is C17H26ClN3O3. The van der Waals surface area contributed by atoms with Gasteiger partial charge in [0.25, 0.3) is 0 Å². The molecule has 1 aliphatic heterocycles. The molecule has 1 fully saturated rings. The van der Waals surface area contributed by atoms with Crippen LogP contribution >= 0.6 is 11.6 Å². The average Bonchev–Trinajstić information content (AvgIpc) is 2.61. The summed E-state index contributed by atoms with van der Waals surface area (Å²) in [7, 11) is 1.57. The molecule has 1 aromatic rings. The summed E-state index contributed by atoms with van der Waals surface area (Å²) >= 11 is 6.23. The van der Waals surface area contributed by atoms with Gasteiger partial charge in [-0.3, -0.25) is 0 Å². The van der Waals surface area contributed by atoms with Crippen LogP contribution in [0.15, 0.2) is 12.1 Å². The molecule has 0 saturated carbocycles. The van der Waals surface area contributed by atoms with Crippen molar-refractivity contribution in [3.8, 4) is 11.5 Å². The van der Waals surface area contributed by atoms with Gasteiger partial charge in [0.1, 0.15) is 0 Å². The number of rotatable bonds is 7. The summed E-state index contributed by atoms with van der Waals surface area (Å²) in [5, 5.41) is 9.57. The fourth-order valence-corrected chi connectivity index (χ4v) is 3.02. The van der Waals surface area contributed by atoms with Crippen LogP contribution in [0.25, 0.3) is 0 Å². The summed E-state index contributed by atoms with van der Waals surface area (Å²) in [5.74, 6) is 1.65. The van der Waals surface area contributed by atoms with Crippen molar-refractivity contribution >= 4 is 17.6 Å². The van der Waals surface area contributed by atoms with E-state index in [2.05, 4.69) is 16.0 Å². The van der Waals surface area contributed by atoms with E-state index in [0.717, 1.165) is 31.5 Å². The first kappa shape index (κ1) is 18.7. The first-order valence-corrected chi connectivity index (χ1v) is 8.73. The summed E-state index contributed by atoms with van der Waals surface area (Å²) in [4.78, 5) is 11.9. The number of urea groups is 1. The number of piperidine rings is 1. The lowest BCUT2D eigenvalue weighted by Gasteiger charge is -2.22. The Kier molecular flexibility index (Phi) is 7.46. The molecule has 134 valence electrons. The van der Waals surface area contributed by atoms with Gasteiger partial charge in [0, 0.05) is 13.1 Å². The molecule has 0 aromatic heterocycles. The monoisotopic (exact) mass is 355 g/mol. The van der Waals surface area contributed by atoms with Gasteiger partial charge in [-0.15, -0.1) is 0 Å². The van der Waals surface area contributed by atoms with Crippen molar-refractivity contribution in [2.45, 2.75) is 26.3 Å². The van der Waals surface area contributed by atoms with Crippen molar-refractivity contribution in [1.29, 1.82) is 0 Å². The van der Waals surface area contributed by atoms with Gasteiger partial charge in [-0.2, -0.15) is 0 Å². The Morgan fingerprint density at radius 1 is 1.33 bits per heavy atom. The lowest BCUT2D eigenvalue weighted by atomic mass is 9.98. The zero-order valence-electron chi connectivity index (χ0n) is 14.3. The van der Waals surface area contributed by atoms with Crippen molar-refractivity contribution < 1.29 is 14.3 Å². The molecule has 6 nitrogen and oxygen atoms in total. The third-order valence-corrected chi connectivity index (χ3v) is 4.32. The maximum atomic E-state index is 11.9. The van der Waals surface area contributed by atoms with Gasteiger partial charge >= 0.3 is 6.03 Å². The Balaban J connectivity index is 1.84. The van der Waals surface area contributed by atoms with Gasteiger partial charge in [0.2, 0.25) is 0 Å². The summed E-state index contributed by atoms with van der Waals surface area (Å²) in [6.45, 7) is 5.53. The number of halogens is 1. The van der Waals surface area contributed by atoms with Crippen molar-refractivity contribution in [2.75, 3.05) is 33.4 Å². The second-order valence-corrected chi connectivity index (χ2v) is 6.21. The van der Waals surface area contributed by atoms with E-state index in [1.165, 1.54) is 0 Å². The minimum absolute atomic E-state index is 0.169. The number of carbonyl (C=O) groups excluding carboxylic acids is 1. The highest BCUT2D eigenvalue weighted by Crippen LogP contribution is 2.36. The molecule has 2 amide bonds. The van der Waals surface area contributed by atoms with Crippen LogP contribution in [0.1, 0.15) is 25.3 Å². The van der Waals surface area contributed by atoms with E-state index in [1.807, 2.05) is 13.0 Å². The maximum Gasteiger partial charge on any atom is 0.315 e. The van der Waals surface area contributed by atoms with Crippen molar-refractivity contribution in [3.63, 3.8) is 0 Å². The predicted octanol–water partition coefficient (Wildman–Crippen LogP) is 2.55. The zero-order chi connectivity index (χ0) is 17.4. The van der Waals surface area contributed by atoms with Crippen LogP contribution in [-0.2, 0) is 6.54 Å². The molecule has 1 saturated heterocycles. The molecule has 0 spiro atoms. The molecule has 1 heterocycles. The summed E-state index contributed by atoms with van der Waals surface area (Å²) in [6.07, 6.45) is 2.21. The standard InChI is InChI=1S/C17H26ClN3O3/c1-3-24-16-14(18)8-13(9-15(16)23-2)11-21-17(22)20-10-12-4-6-19-7-5-12/h8-9,12,19H,3-7,10-11H2,1-2H3,(H2,20,21,22).